The van der Waals surface area contributed by atoms with Crippen LogP contribution >= 0.6 is 0 Å². The Bertz CT molecular complexity index is 777. The van der Waals surface area contributed by atoms with Crippen LogP contribution in [0.2, 0.25) is 0 Å². The first kappa shape index (κ1) is 15.6. The van der Waals surface area contributed by atoms with E-state index in [4.69, 9.17) is 0 Å². The van der Waals surface area contributed by atoms with Crippen LogP contribution in [0.3, 0.4) is 0 Å². The molecule has 3 aromatic carbocycles. The standard InChI is InChI=1S/C23H24/c1-4-18-8-12-21(13-9-18)23-15-14-22(16-19(23)5-2)20-10-6-17(3)7-11-20/h6-16H,4-5H2,1-3H3. The van der Waals surface area contributed by atoms with Crippen molar-refractivity contribution in [2.45, 2.75) is 33.6 Å². The van der Waals surface area contributed by atoms with E-state index >= 15 is 0 Å². The molecule has 0 aromatic heterocycles. The summed E-state index contributed by atoms with van der Waals surface area (Å²) in [6, 6.07) is 24.6. The summed E-state index contributed by atoms with van der Waals surface area (Å²) in [5, 5.41) is 0. The second-order valence-corrected chi connectivity index (χ2v) is 6.14. The quantitative estimate of drug-likeness (QED) is 0.519. The number of hydrogen-bond donors (Lipinski definition) is 0. The third-order valence-corrected chi connectivity index (χ3v) is 4.54. The van der Waals surface area contributed by atoms with E-state index in [1.807, 2.05) is 0 Å². The molecule has 0 aliphatic rings. The molecule has 3 rings (SSSR count). The molecule has 0 heteroatoms. The van der Waals surface area contributed by atoms with Gasteiger partial charge in [-0.05, 0) is 53.1 Å². The van der Waals surface area contributed by atoms with Crippen LogP contribution in [0.15, 0.2) is 66.7 Å². The van der Waals surface area contributed by atoms with E-state index in [0.29, 0.717) is 0 Å². The Morgan fingerprint density at radius 2 is 1.22 bits per heavy atom. The summed E-state index contributed by atoms with van der Waals surface area (Å²) in [4.78, 5) is 0. The molecular formula is C23H24. The molecule has 0 saturated heterocycles. The van der Waals surface area contributed by atoms with Crippen molar-refractivity contribution in [3.8, 4) is 22.3 Å². The normalized spacial score (nSPS) is 10.7. The Morgan fingerprint density at radius 3 is 1.83 bits per heavy atom. The topological polar surface area (TPSA) is 0 Å². The van der Waals surface area contributed by atoms with Crippen LogP contribution in [0.1, 0.15) is 30.5 Å². The SMILES string of the molecule is CCc1ccc(-c2ccc(-c3ccc(C)cc3)cc2CC)cc1. The van der Waals surface area contributed by atoms with Crippen LogP contribution in [0.25, 0.3) is 22.3 Å². The van der Waals surface area contributed by atoms with Gasteiger partial charge in [0.05, 0.1) is 0 Å². The van der Waals surface area contributed by atoms with Gasteiger partial charge >= 0.3 is 0 Å². The van der Waals surface area contributed by atoms with Crippen molar-refractivity contribution in [3.05, 3.63) is 83.4 Å². The zero-order valence-electron chi connectivity index (χ0n) is 14.3. The lowest BCUT2D eigenvalue weighted by atomic mass is 9.93. The van der Waals surface area contributed by atoms with Gasteiger partial charge in [-0.1, -0.05) is 86.1 Å². The molecule has 0 bridgehead atoms. The van der Waals surface area contributed by atoms with Gasteiger partial charge in [0.2, 0.25) is 0 Å². The predicted octanol–water partition coefficient (Wildman–Crippen LogP) is 6.45. The van der Waals surface area contributed by atoms with Crippen LogP contribution in [0.5, 0.6) is 0 Å². The van der Waals surface area contributed by atoms with Gasteiger partial charge in [0.15, 0.2) is 0 Å². The van der Waals surface area contributed by atoms with Crippen LogP contribution < -0.4 is 0 Å². The van der Waals surface area contributed by atoms with Crippen molar-refractivity contribution in [2.75, 3.05) is 0 Å². The molecular weight excluding hydrogens is 276 g/mol. The Morgan fingerprint density at radius 1 is 0.609 bits per heavy atom. The molecule has 0 aliphatic heterocycles. The van der Waals surface area contributed by atoms with E-state index in [2.05, 4.69) is 87.5 Å². The molecule has 0 atom stereocenters. The van der Waals surface area contributed by atoms with Gasteiger partial charge in [0.1, 0.15) is 0 Å². The van der Waals surface area contributed by atoms with Crippen molar-refractivity contribution in [2.24, 2.45) is 0 Å². The van der Waals surface area contributed by atoms with E-state index in [1.165, 1.54) is 38.9 Å². The molecule has 0 aliphatic carbocycles. The predicted molar refractivity (Wildman–Crippen MR) is 101 cm³/mol. The van der Waals surface area contributed by atoms with Gasteiger partial charge in [-0.3, -0.25) is 0 Å². The van der Waals surface area contributed by atoms with Crippen LogP contribution in [0.4, 0.5) is 0 Å². The minimum atomic E-state index is 1.05. The molecule has 0 nitrogen and oxygen atoms in total. The maximum absolute atomic E-state index is 2.34. The monoisotopic (exact) mass is 300 g/mol. The first-order valence-corrected chi connectivity index (χ1v) is 8.50. The molecule has 3 aromatic rings. The van der Waals surface area contributed by atoms with Gasteiger partial charge in [-0.25, -0.2) is 0 Å². The lowest BCUT2D eigenvalue weighted by Gasteiger charge is -2.12. The van der Waals surface area contributed by atoms with Gasteiger partial charge in [0, 0.05) is 0 Å². The zero-order valence-corrected chi connectivity index (χ0v) is 14.3. The summed E-state index contributed by atoms with van der Waals surface area (Å²) < 4.78 is 0. The van der Waals surface area contributed by atoms with E-state index in [1.54, 1.807) is 0 Å². The molecule has 116 valence electrons. The molecule has 0 N–H and O–H groups in total. The fourth-order valence-electron chi connectivity index (χ4n) is 3.01. The highest BCUT2D eigenvalue weighted by molar-refractivity contribution is 5.74. The molecule has 0 amide bonds. The average molecular weight is 300 g/mol. The molecule has 0 fully saturated rings. The highest BCUT2D eigenvalue weighted by atomic mass is 14.1. The van der Waals surface area contributed by atoms with Crippen molar-refractivity contribution < 1.29 is 0 Å². The van der Waals surface area contributed by atoms with Crippen molar-refractivity contribution in [3.63, 3.8) is 0 Å². The maximum Gasteiger partial charge on any atom is -0.0152 e. The number of hydrogen-bond acceptors (Lipinski definition) is 0. The van der Waals surface area contributed by atoms with E-state index in [-0.39, 0.29) is 0 Å². The summed E-state index contributed by atoms with van der Waals surface area (Å²) >= 11 is 0. The number of benzene rings is 3. The molecule has 0 spiro atoms. The van der Waals surface area contributed by atoms with E-state index in [0.717, 1.165) is 12.8 Å². The van der Waals surface area contributed by atoms with Crippen molar-refractivity contribution in [1.29, 1.82) is 0 Å². The van der Waals surface area contributed by atoms with Crippen LogP contribution in [-0.4, -0.2) is 0 Å². The van der Waals surface area contributed by atoms with Crippen molar-refractivity contribution in [1.82, 2.24) is 0 Å². The second kappa shape index (κ2) is 6.83. The van der Waals surface area contributed by atoms with Crippen molar-refractivity contribution >= 4 is 0 Å². The molecule has 0 heterocycles. The van der Waals surface area contributed by atoms with Gasteiger partial charge in [0.25, 0.3) is 0 Å². The van der Waals surface area contributed by atoms with Gasteiger partial charge < -0.3 is 0 Å². The smallest absolute Gasteiger partial charge is 0.0152 e. The Kier molecular flexibility index (Phi) is 4.62. The molecule has 0 radical (unpaired) electrons. The zero-order chi connectivity index (χ0) is 16.2. The number of aryl methyl sites for hydroxylation is 3. The summed E-state index contributed by atoms with van der Waals surface area (Å²) in [6.45, 7) is 6.56. The van der Waals surface area contributed by atoms with E-state index < -0.39 is 0 Å². The lowest BCUT2D eigenvalue weighted by molar-refractivity contribution is 1.13. The summed E-state index contributed by atoms with van der Waals surface area (Å²) in [6.07, 6.45) is 2.14. The second-order valence-electron chi connectivity index (χ2n) is 6.14. The average Bonchev–Trinajstić information content (AvgIpc) is 2.62. The highest BCUT2D eigenvalue weighted by Crippen LogP contribution is 2.30. The minimum absolute atomic E-state index is 1.05. The number of rotatable bonds is 4. The highest BCUT2D eigenvalue weighted by Gasteiger charge is 2.06. The summed E-state index contributed by atoms with van der Waals surface area (Å²) in [5.41, 5.74) is 9.36. The summed E-state index contributed by atoms with van der Waals surface area (Å²) in [5.74, 6) is 0. The summed E-state index contributed by atoms with van der Waals surface area (Å²) in [7, 11) is 0. The third-order valence-electron chi connectivity index (χ3n) is 4.54. The van der Waals surface area contributed by atoms with Crippen LogP contribution in [0, 0.1) is 6.92 Å². The molecule has 0 saturated carbocycles. The van der Waals surface area contributed by atoms with Crippen LogP contribution in [-0.2, 0) is 12.8 Å². The van der Waals surface area contributed by atoms with Gasteiger partial charge in [-0.15, -0.1) is 0 Å². The van der Waals surface area contributed by atoms with Gasteiger partial charge in [-0.2, -0.15) is 0 Å². The Balaban J connectivity index is 2.00. The lowest BCUT2D eigenvalue weighted by Crippen LogP contribution is -1.90. The minimum Gasteiger partial charge on any atom is -0.0613 e. The first-order valence-electron chi connectivity index (χ1n) is 8.50. The molecule has 0 unspecified atom stereocenters. The Labute approximate surface area is 139 Å². The Hall–Kier alpha value is -2.34. The third kappa shape index (κ3) is 3.37. The first-order chi connectivity index (χ1) is 11.2. The fraction of sp³-hybridized carbons (Fsp3) is 0.217. The fourth-order valence-corrected chi connectivity index (χ4v) is 3.01. The maximum atomic E-state index is 2.34. The van der Waals surface area contributed by atoms with E-state index in [9.17, 15) is 0 Å². The molecule has 23 heavy (non-hydrogen) atoms. The largest absolute Gasteiger partial charge is 0.0613 e.